The van der Waals surface area contributed by atoms with Gasteiger partial charge >= 0.3 is 0 Å². The molecule has 2 N–H and O–H groups in total. The highest BCUT2D eigenvalue weighted by Gasteiger charge is 2.00. The van der Waals surface area contributed by atoms with E-state index in [4.69, 9.17) is 10.4 Å². The molecule has 1 atom stereocenters. The van der Waals surface area contributed by atoms with Gasteiger partial charge in [-0.15, -0.1) is 6.58 Å². The summed E-state index contributed by atoms with van der Waals surface area (Å²) in [6, 6.07) is 8.92. The first kappa shape index (κ1) is 10.3. The Hall–Kier alpha value is -1.79. The number of nitrogens with one attached hydrogen (secondary N) is 1. The Labute approximate surface area is 83.3 Å². The zero-order valence-corrected chi connectivity index (χ0v) is 7.77. The molecule has 0 bridgehead atoms. The summed E-state index contributed by atoms with van der Waals surface area (Å²) < 4.78 is 0. The fraction of sp³-hybridized carbons (Fsp3) is 0.182. The van der Waals surface area contributed by atoms with Crippen LogP contribution in [0.2, 0.25) is 0 Å². The summed E-state index contributed by atoms with van der Waals surface area (Å²) in [4.78, 5) is 0. The summed E-state index contributed by atoms with van der Waals surface area (Å²) in [6.07, 6.45) is 1.64. The molecule has 0 saturated carbocycles. The molecule has 3 nitrogen and oxygen atoms in total. The summed E-state index contributed by atoms with van der Waals surface area (Å²) >= 11 is 0. The Kier molecular flexibility index (Phi) is 3.71. The lowest BCUT2D eigenvalue weighted by Gasteiger charge is -2.12. The summed E-state index contributed by atoms with van der Waals surface area (Å²) in [6.45, 7) is 3.59. The highest BCUT2D eigenvalue weighted by atomic mass is 16.3. The van der Waals surface area contributed by atoms with Crippen molar-refractivity contribution >= 4 is 5.69 Å². The van der Waals surface area contributed by atoms with E-state index in [0.29, 0.717) is 5.56 Å². The van der Waals surface area contributed by atoms with Crippen molar-refractivity contribution in [3.63, 3.8) is 0 Å². The lowest BCUT2D eigenvalue weighted by molar-refractivity contribution is 0.291. The minimum atomic E-state index is -0.150. The van der Waals surface area contributed by atoms with Crippen molar-refractivity contribution in [2.75, 3.05) is 11.9 Å². The predicted octanol–water partition coefficient (Wildman–Crippen LogP) is 1.52. The first-order chi connectivity index (χ1) is 6.80. The van der Waals surface area contributed by atoms with Crippen molar-refractivity contribution in [1.29, 1.82) is 5.26 Å². The Morgan fingerprint density at radius 1 is 1.50 bits per heavy atom. The Morgan fingerprint density at radius 3 is 2.57 bits per heavy atom. The lowest BCUT2D eigenvalue weighted by atomic mass is 10.2. The van der Waals surface area contributed by atoms with E-state index in [1.807, 2.05) is 6.07 Å². The number of aliphatic hydroxyl groups excluding tert-OH is 1. The third-order valence-electron chi connectivity index (χ3n) is 1.85. The number of hydrogen-bond donors (Lipinski definition) is 2. The van der Waals surface area contributed by atoms with Crippen molar-refractivity contribution in [2.45, 2.75) is 6.04 Å². The zero-order chi connectivity index (χ0) is 10.4. The van der Waals surface area contributed by atoms with Crippen molar-refractivity contribution in [3.05, 3.63) is 42.5 Å². The van der Waals surface area contributed by atoms with E-state index in [1.165, 1.54) is 0 Å². The van der Waals surface area contributed by atoms with Gasteiger partial charge in [0.15, 0.2) is 0 Å². The van der Waals surface area contributed by atoms with Gasteiger partial charge in [-0.3, -0.25) is 0 Å². The molecule has 0 saturated heterocycles. The number of benzene rings is 1. The molecule has 0 spiro atoms. The predicted molar refractivity (Wildman–Crippen MR) is 55.9 cm³/mol. The molecular formula is C11H12N2O. The average Bonchev–Trinajstić information content (AvgIpc) is 2.26. The van der Waals surface area contributed by atoms with Crippen LogP contribution in [-0.2, 0) is 0 Å². The van der Waals surface area contributed by atoms with Crippen LogP contribution in [0.1, 0.15) is 5.56 Å². The zero-order valence-electron chi connectivity index (χ0n) is 7.77. The molecule has 3 heteroatoms. The van der Waals surface area contributed by atoms with E-state index < -0.39 is 0 Å². The molecule has 0 aliphatic heterocycles. The van der Waals surface area contributed by atoms with Gasteiger partial charge in [-0.1, -0.05) is 6.08 Å². The number of rotatable bonds is 4. The van der Waals surface area contributed by atoms with Gasteiger partial charge in [0.25, 0.3) is 0 Å². The fourth-order valence-corrected chi connectivity index (χ4v) is 1.03. The molecule has 0 aromatic heterocycles. The molecule has 0 aliphatic carbocycles. The monoisotopic (exact) mass is 188 g/mol. The highest BCUT2D eigenvalue weighted by molar-refractivity contribution is 5.48. The minimum absolute atomic E-state index is 0.00347. The van der Waals surface area contributed by atoms with Gasteiger partial charge in [-0.2, -0.15) is 5.26 Å². The molecule has 1 unspecified atom stereocenters. The minimum Gasteiger partial charge on any atom is -0.394 e. The van der Waals surface area contributed by atoms with Gasteiger partial charge in [-0.25, -0.2) is 0 Å². The fourth-order valence-electron chi connectivity index (χ4n) is 1.03. The largest absolute Gasteiger partial charge is 0.394 e. The number of nitrogens with zero attached hydrogens (tertiary/aromatic N) is 1. The van der Waals surface area contributed by atoms with Crippen molar-refractivity contribution < 1.29 is 5.11 Å². The maximum absolute atomic E-state index is 8.90. The SMILES string of the molecule is C=CC(CO)Nc1ccc(C#N)cc1. The van der Waals surface area contributed by atoms with Gasteiger partial charge < -0.3 is 10.4 Å². The van der Waals surface area contributed by atoms with E-state index in [2.05, 4.69) is 11.9 Å². The summed E-state index contributed by atoms with van der Waals surface area (Å²) in [5, 5.41) is 20.5. The van der Waals surface area contributed by atoms with Gasteiger partial charge in [0, 0.05) is 5.69 Å². The Bertz CT molecular complexity index is 337. The molecule has 1 aromatic carbocycles. The van der Waals surface area contributed by atoms with E-state index in [-0.39, 0.29) is 12.6 Å². The molecule has 14 heavy (non-hydrogen) atoms. The van der Waals surface area contributed by atoms with Crippen LogP contribution < -0.4 is 5.32 Å². The highest BCUT2D eigenvalue weighted by Crippen LogP contribution is 2.10. The van der Waals surface area contributed by atoms with Crippen LogP contribution in [0.25, 0.3) is 0 Å². The summed E-state index contributed by atoms with van der Waals surface area (Å²) in [5.74, 6) is 0. The van der Waals surface area contributed by atoms with Crippen molar-refractivity contribution in [2.24, 2.45) is 0 Å². The van der Waals surface area contributed by atoms with E-state index in [0.717, 1.165) is 5.69 Å². The molecular weight excluding hydrogens is 176 g/mol. The molecule has 0 fully saturated rings. The third-order valence-corrected chi connectivity index (χ3v) is 1.85. The van der Waals surface area contributed by atoms with Gasteiger partial charge in [0.05, 0.1) is 24.3 Å². The lowest BCUT2D eigenvalue weighted by Crippen LogP contribution is -2.20. The molecule has 0 amide bonds. The van der Waals surface area contributed by atoms with E-state index in [9.17, 15) is 0 Å². The van der Waals surface area contributed by atoms with Crippen molar-refractivity contribution in [3.8, 4) is 6.07 Å². The maximum atomic E-state index is 8.90. The topological polar surface area (TPSA) is 56.0 Å². The first-order valence-corrected chi connectivity index (χ1v) is 4.30. The second-order valence-electron chi connectivity index (χ2n) is 2.86. The van der Waals surface area contributed by atoms with E-state index >= 15 is 0 Å². The third kappa shape index (κ3) is 2.61. The second kappa shape index (κ2) is 5.05. The summed E-state index contributed by atoms with van der Waals surface area (Å²) in [5.41, 5.74) is 1.48. The van der Waals surface area contributed by atoms with Crippen LogP contribution in [-0.4, -0.2) is 17.8 Å². The normalized spacial score (nSPS) is 11.4. The smallest absolute Gasteiger partial charge is 0.0991 e. The Morgan fingerprint density at radius 2 is 2.14 bits per heavy atom. The van der Waals surface area contributed by atoms with Crippen LogP contribution in [0.5, 0.6) is 0 Å². The number of anilines is 1. The molecule has 0 radical (unpaired) electrons. The van der Waals surface area contributed by atoms with Crippen LogP contribution in [0.3, 0.4) is 0 Å². The number of aliphatic hydroxyl groups is 1. The van der Waals surface area contributed by atoms with Gasteiger partial charge in [0.1, 0.15) is 0 Å². The quantitative estimate of drug-likeness (QED) is 0.704. The van der Waals surface area contributed by atoms with Crippen LogP contribution >= 0.6 is 0 Å². The standard InChI is InChI=1S/C11H12N2O/c1-2-10(8-14)13-11-5-3-9(7-12)4-6-11/h2-6,10,13-14H,1,8H2. The molecule has 1 aromatic rings. The molecule has 1 rings (SSSR count). The van der Waals surface area contributed by atoms with Crippen molar-refractivity contribution in [1.82, 2.24) is 0 Å². The maximum Gasteiger partial charge on any atom is 0.0991 e. The van der Waals surface area contributed by atoms with Gasteiger partial charge in [0.2, 0.25) is 0 Å². The Balaban J connectivity index is 2.69. The van der Waals surface area contributed by atoms with Crippen LogP contribution in [0.15, 0.2) is 36.9 Å². The second-order valence-corrected chi connectivity index (χ2v) is 2.86. The number of hydrogen-bond acceptors (Lipinski definition) is 3. The molecule has 0 aliphatic rings. The number of nitriles is 1. The van der Waals surface area contributed by atoms with Crippen LogP contribution in [0.4, 0.5) is 5.69 Å². The average molecular weight is 188 g/mol. The van der Waals surface area contributed by atoms with E-state index in [1.54, 1.807) is 30.3 Å². The van der Waals surface area contributed by atoms with Gasteiger partial charge in [-0.05, 0) is 24.3 Å². The molecule has 72 valence electrons. The summed E-state index contributed by atoms with van der Waals surface area (Å²) in [7, 11) is 0. The first-order valence-electron chi connectivity index (χ1n) is 4.30. The molecule has 0 heterocycles. The van der Waals surface area contributed by atoms with Crippen LogP contribution in [0, 0.1) is 11.3 Å².